The number of carbonyl (C=O) groups excluding carboxylic acids is 4. The number of nitrogens with one attached hydrogen (secondary N) is 1. The molecule has 268 valence electrons. The van der Waals surface area contributed by atoms with E-state index in [2.05, 4.69) is 9.88 Å². The second-order valence-electron chi connectivity index (χ2n) is 13.2. The van der Waals surface area contributed by atoms with Gasteiger partial charge in [0, 0.05) is 62.3 Å². The molecular weight excluding hydrogens is 809 g/mol. The molecule has 4 bridgehead atoms. The molecule has 3 N–H and O–H groups in total. The van der Waals surface area contributed by atoms with Gasteiger partial charge in [0.25, 0.3) is 23.6 Å². The van der Waals surface area contributed by atoms with Crippen LogP contribution < -0.4 is 5.32 Å². The third-order valence-electron chi connectivity index (χ3n) is 11.2. The second-order valence-corrected chi connectivity index (χ2v) is 25.7. The topological polar surface area (TPSA) is 139 Å². The number of benzene rings is 2. The normalized spacial score (nSPS) is 35.8. The Morgan fingerprint density at radius 3 is 2.02 bits per heavy atom. The SMILES string of the molecule is CN1C(=O)[C@@]2(Cc3cn([C@]45C[C@]67SSSS[C@](CO)(C(=O)N6[C@H]4Nc4ccccc45)N(C)C7=O)c4ccccc34)SSSS[C@]1(CO)C(=O)N2C. The molecular formula is C31H30N6O6S8. The van der Waals surface area contributed by atoms with Crippen LogP contribution >= 0.6 is 82.5 Å². The van der Waals surface area contributed by atoms with Crippen LogP contribution in [0.1, 0.15) is 17.5 Å². The number of hydrogen-bond donors (Lipinski definition) is 3. The quantitative estimate of drug-likeness (QED) is 0.312. The van der Waals surface area contributed by atoms with Crippen LogP contribution in [-0.4, -0.2) is 118 Å². The van der Waals surface area contributed by atoms with Gasteiger partial charge in [-0.2, -0.15) is 0 Å². The lowest BCUT2D eigenvalue weighted by Gasteiger charge is -2.54. The minimum Gasteiger partial charge on any atom is -0.392 e. The first-order valence-electron chi connectivity index (χ1n) is 15.8. The molecule has 2 aromatic carbocycles. The lowest BCUT2D eigenvalue weighted by atomic mass is 9.86. The standard InChI is InChI=1S/C31H30N6O6S8/c1-33-25(42)30(15-38)34(2)23(40)28(33,44-48-50-46-30)12-17-13-36(21-11-7-4-8-18(17)21)27-14-29-24(41)35(3)31(16-39,47-51-49-45-29)26(43)37(29)22(27)32-20-10-6-5-9-19(20)27/h4-11,13,22,32,38-39H,12,14-16H2,1-3H3/t22-,27+,28-,29-,30-,31-/m1/s1. The van der Waals surface area contributed by atoms with Crippen LogP contribution in [-0.2, 0) is 31.1 Å². The lowest BCUT2D eigenvalue weighted by molar-refractivity contribution is -0.165. The van der Waals surface area contributed by atoms with Crippen molar-refractivity contribution in [3.05, 3.63) is 65.9 Å². The lowest BCUT2D eigenvalue weighted by Crippen LogP contribution is -2.74. The van der Waals surface area contributed by atoms with Crippen molar-refractivity contribution >= 4 is 123 Å². The molecule has 0 unspecified atom stereocenters. The van der Waals surface area contributed by atoms with Crippen molar-refractivity contribution in [1.82, 2.24) is 24.2 Å². The van der Waals surface area contributed by atoms with E-state index in [1.165, 1.54) is 97.2 Å². The largest absolute Gasteiger partial charge is 0.392 e. The van der Waals surface area contributed by atoms with Crippen LogP contribution in [0, 0.1) is 0 Å². The number of rotatable bonds is 5. The summed E-state index contributed by atoms with van der Waals surface area (Å²) in [7, 11) is 15.5. The predicted molar refractivity (Wildman–Crippen MR) is 212 cm³/mol. The Bertz CT molecular complexity index is 2060. The Morgan fingerprint density at radius 2 is 1.29 bits per heavy atom. The highest BCUT2D eigenvalue weighted by molar-refractivity contribution is 9.27. The zero-order valence-corrected chi connectivity index (χ0v) is 33.7. The number of aromatic nitrogens is 1. The van der Waals surface area contributed by atoms with Crippen molar-refractivity contribution in [3.8, 4) is 0 Å². The van der Waals surface area contributed by atoms with Gasteiger partial charge < -0.3 is 34.8 Å². The van der Waals surface area contributed by atoms with Crippen molar-refractivity contribution in [2.45, 2.75) is 44.0 Å². The maximum Gasteiger partial charge on any atom is 0.265 e. The van der Waals surface area contributed by atoms with Crippen LogP contribution in [0.4, 0.5) is 5.69 Å². The zero-order valence-electron chi connectivity index (χ0n) is 27.1. The van der Waals surface area contributed by atoms with Gasteiger partial charge >= 0.3 is 0 Å². The molecule has 12 nitrogen and oxygen atoms in total. The molecule has 9 heterocycles. The number of piperazine rings is 2. The van der Waals surface area contributed by atoms with E-state index in [1.54, 1.807) is 26.0 Å². The summed E-state index contributed by atoms with van der Waals surface area (Å²) in [6.07, 6.45) is 1.76. The van der Waals surface area contributed by atoms with E-state index in [0.29, 0.717) is 0 Å². The highest BCUT2D eigenvalue weighted by Gasteiger charge is 2.76. The molecule has 3 aromatic rings. The van der Waals surface area contributed by atoms with E-state index < -0.39 is 44.4 Å². The van der Waals surface area contributed by atoms with Gasteiger partial charge in [0.15, 0.2) is 9.74 Å². The molecule has 0 radical (unpaired) electrons. The van der Waals surface area contributed by atoms with Crippen LogP contribution in [0.5, 0.6) is 0 Å². The second kappa shape index (κ2) is 11.9. The molecule has 51 heavy (non-hydrogen) atoms. The number of fused-ring (bicyclic) bond motifs is 13. The van der Waals surface area contributed by atoms with E-state index in [0.717, 1.165) is 27.7 Å². The third kappa shape index (κ3) is 4.20. The van der Waals surface area contributed by atoms with Gasteiger partial charge in [0.2, 0.25) is 9.74 Å². The van der Waals surface area contributed by atoms with Crippen molar-refractivity contribution in [3.63, 3.8) is 0 Å². The minimum atomic E-state index is -1.49. The molecule has 11 rings (SSSR count). The molecule has 7 saturated heterocycles. The number of para-hydroxylation sites is 2. The van der Waals surface area contributed by atoms with E-state index in [1.807, 2.05) is 54.7 Å². The highest BCUT2D eigenvalue weighted by Crippen LogP contribution is 2.69. The third-order valence-corrected chi connectivity index (χ3v) is 25.9. The summed E-state index contributed by atoms with van der Waals surface area (Å²) in [5, 5.41) is 25.7. The van der Waals surface area contributed by atoms with Gasteiger partial charge in [-0.1, -0.05) is 36.4 Å². The number of hydrogen-bond acceptors (Lipinski definition) is 15. The number of amides is 4. The van der Waals surface area contributed by atoms with Crippen LogP contribution in [0.2, 0.25) is 0 Å². The van der Waals surface area contributed by atoms with Crippen molar-refractivity contribution in [2.24, 2.45) is 0 Å². The monoisotopic (exact) mass is 838 g/mol. The fourth-order valence-corrected chi connectivity index (χ4v) is 23.8. The summed E-state index contributed by atoms with van der Waals surface area (Å²) >= 11 is 0. The molecule has 8 aliphatic heterocycles. The van der Waals surface area contributed by atoms with Crippen molar-refractivity contribution in [2.75, 3.05) is 39.7 Å². The van der Waals surface area contributed by atoms with E-state index >= 15 is 0 Å². The Hall–Kier alpha value is -1.62. The number of nitrogens with zero attached hydrogens (tertiary/aromatic N) is 5. The van der Waals surface area contributed by atoms with Crippen LogP contribution in [0.3, 0.4) is 0 Å². The summed E-state index contributed by atoms with van der Waals surface area (Å²) < 4.78 is 2.17. The van der Waals surface area contributed by atoms with E-state index in [4.69, 9.17) is 0 Å². The minimum absolute atomic E-state index is 0.174. The molecule has 1 spiro atoms. The molecule has 4 amide bonds. The summed E-state index contributed by atoms with van der Waals surface area (Å²) in [6, 6.07) is 15.8. The van der Waals surface area contributed by atoms with E-state index in [9.17, 15) is 29.4 Å². The van der Waals surface area contributed by atoms with Crippen molar-refractivity contribution < 1.29 is 29.4 Å². The zero-order chi connectivity index (χ0) is 35.7. The molecule has 1 aromatic heterocycles. The molecule has 6 atom stereocenters. The Kier molecular flexibility index (Phi) is 8.22. The molecule has 0 saturated carbocycles. The average Bonchev–Trinajstić information content (AvgIpc) is 3.76. The molecule has 7 fully saturated rings. The Morgan fingerprint density at radius 1 is 0.725 bits per heavy atom. The Labute approximate surface area is 323 Å². The van der Waals surface area contributed by atoms with Gasteiger partial charge in [-0.15, -0.1) is 0 Å². The average molecular weight is 839 g/mol. The van der Waals surface area contributed by atoms with Gasteiger partial charge in [-0.3, -0.25) is 24.1 Å². The first-order valence-corrected chi connectivity index (χ1v) is 25.4. The first kappa shape index (κ1) is 35.1. The maximum atomic E-state index is 14.8. The fourth-order valence-electron chi connectivity index (χ4n) is 8.50. The Balaban J connectivity index is 1.26. The summed E-state index contributed by atoms with van der Waals surface area (Å²) in [6.45, 7) is -1.05. The number of anilines is 1. The summed E-state index contributed by atoms with van der Waals surface area (Å²) in [5.74, 6) is -1.19. The number of likely N-dealkylation sites (N-methyl/N-ethyl adjacent to an activating group) is 3. The van der Waals surface area contributed by atoms with Gasteiger partial charge in [0.05, 0.1) is 13.2 Å². The molecule has 0 aliphatic carbocycles. The van der Waals surface area contributed by atoms with Crippen LogP contribution in [0.15, 0.2) is 54.7 Å². The highest BCUT2D eigenvalue weighted by atomic mass is 33.7. The van der Waals surface area contributed by atoms with Gasteiger partial charge in [-0.05, 0) is 100 Å². The van der Waals surface area contributed by atoms with Crippen LogP contribution in [0.25, 0.3) is 10.9 Å². The molecule has 8 aliphatic rings. The summed E-state index contributed by atoms with van der Waals surface area (Å²) in [4.78, 5) is 58.5. The number of aliphatic hydroxyl groups is 2. The van der Waals surface area contributed by atoms with Gasteiger partial charge in [-0.25, -0.2) is 0 Å². The maximum absolute atomic E-state index is 14.8. The summed E-state index contributed by atoms with van der Waals surface area (Å²) in [5.41, 5.74) is 2.46. The predicted octanol–water partition coefficient (Wildman–Crippen LogP) is 4.47. The van der Waals surface area contributed by atoms with E-state index in [-0.39, 0.29) is 36.5 Å². The fraction of sp³-hybridized carbons (Fsp3) is 0.419. The number of carbonyl (C=O) groups is 4. The van der Waals surface area contributed by atoms with Gasteiger partial charge in [0.1, 0.15) is 11.7 Å². The molecule has 20 heteroatoms. The number of aliphatic hydroxyl groups excluding tert-OH is 2. The smallest absolute Gasteiger partial charge is 0.265 e. The first-order chi connectivity index (χ1) is 24.5. The van der Waals surface area contributed by atoms with Crippen molar-refractivity contribution in [1.29, 1.82) is 0 Å².